The van der Waals surface area contributed by atoms with Crippen molar-refractivity contribution in [2.45, 2.75) is 24.8 Å². The summed E-state index contributed by atoms with van der Waals surface area (Å²) in [6.07, 6.45) is -1.02. The van der Waals surface area contributed by atoms with Crippen molar-refractivity contribution in [2.24, 2.45) is 0 Å². The van der Waals surface area contributed by atoms with E-state index in [1.54, 1.807) is 24.3 Å². The van der Waals surface area contributed by atoms with Crippen LogP contribution in [-0.2, 0) is 14.3 Å². The highest BCUT2D eigenvalue weighted by Crippen LogP contribution is 2.44. The van der Waals surface area contributed by atoms with Gasteiger partial charge in [-0.1, -0.05) is 60.1 Å². The standard InChI is InChI=1S/C26H23ClN2O5/c27-16-9-11-17(12-10-16)28-24(30)14-13-23(25(31)32)29-26(33)34-15-22-20-7-3-1-5-18(20)19-6-2-4-8-21(19)22/h1-12,22-23H,13-15H2,(H,28,30)(H,29,33)(H,31,32)/t23-/m0/s1. The summed E-state index contributed by atoms with van der Waals surface area (Å²) in [5.74, 6) is -1.75. The molecule has 0 saturated heterocycles. The fraction of sp³-hybridized carbons (Fsp3) is 0.192. The molecule has 0 radical (unpaired) electrons. The SMILES string of the molecule is O=C(CC[C@H](NC(=O)OCC1c2ccccc2-c2ccccc21)C(=O)O)Nc1ccc(Cl)cc1. The smallest absolute Gasteiger partial charge is 0.407 e. The lowest BCUT2D eigenvalue weighted by Crippen LogP contribution is -2.42. The molecule has 3 aromatic rings. The molecule has 0 spiro atoms. The van der Waals surface area contributed by atoms with Gasteiger partial charge in [0.1, 0.15) is 12.6 Å². The number of anilines is 1. The van der Waals surface area contributed by atoms with Crippen molar-refractivity contribution in [3.8, 4) is 11.1 Å². The fourth-order valence-electron chi connectivity index (χ4n) is 4.07. The van der Waals surface area contributed by atoms with Crippen LogP contribution in [0.1, 0.15) is 29.9 Å². The Morgan fingerprint density at radius 1 is 0.912 bits per heavy atom. The lowest BCUT2D eigenvalue weighted by molar-refractivity contribution is -0.139. The largest absolute Gasteiger partial charge is 0.480 e. The number of nitrogens with one attached hydrogen (secondary N) is 2. The quantitative estimate of drug-likeness (QED) is 0.420. The normalized spacial score (nSPS) is 12.9. The molecule has 0 aromatic heterocycles. The minimum Gasteiger partial charge on any atom is -0.480 e. The number of halogens is 1. The first-order chi connectivity index (χ1) is 16.4. The van der Waals surface area contributed by atoms with Crippen LogP contribution in [0.25, 0.3) is 11.1 Å². The summed E-state index contributed by atoms with van der Waals surface area (Å²) in [4.78, 5) is 36.2. The highest BCUT2D eigenvalue weighted by Gasteiger charge is 2.29. The van der Waals surface area contributed by atoms with Crippen LogP contribution < -0.4 is 10.6 Å². The van der Waals surface area contributed by atoms with Crippen LogP contribution >= 0.6 is 11.6 Å². The molecule has 4 rings (SSSR count). The number of hydrogen-bond donors (Lipinski definition) is 3. The van der Waals surface area contributed by atoms with Crippen LogP contribution in [0.4, 0.5) is 10.5 Å². The zero-order valence-corrected chi connectivity index (χ0v) is 18.9. The molecular weight excluding hydrogens is 456 g/mol. The molecule has 0 heterocycles. The molecule has 0 saturated carbocycles. The summed E-state index contributed by atoms with van der Waals surface area (Å²) >= 11 is 5.82. The average Bonchev–Trinajstić information content (AvgIpc) is 3.15. The summed E-state index contributed by atoms with van der Waals surface area (Å²) in [6, 6.07) is 21.2. The maximum absolute atomic E-state index is 12.4. The monoisotopic (exact) mass is 478 g/mol. The number of amides is 2. The van der Waals surface area contributed by atoms with E-state index in [4.69, 9.17) is 16.3 Å². The molecule has 174 valence electrons. The Morgan fingerprint density at radius 2 is 1.50 bits per heavy atom. The van der Waals surface area contributed by atoms with Crippen molar-refractivity contribution >= 4 is 35.3 Å². The van der Waals surface area contributed by atoms with Gasteiger partial charge in [-0.25, -0.2) is 9.59 Å². The molecule has 1 aliphatic carbocycles. The molecule has 0 fully saturated rings. The van der Waals surface area contributed by atoms with E-state index in [9.17, 15) is 19.5 Å². The van der Waals surface area contributed by atoms with E-state index in [-0.39, 0.29) is 31.3 Å². The Hall–Kier alpha value is -3.84. The number of carbonyl (C=O) groups is 3. The number of carbonyl (C=O) groups excluding carboxylic acids is 2. The van der Waals surface area contributed by atoms with Crippen LogP contribution in [0, 0.1) is 0 Å². The number of fused-ring (bicyclic) bond motifs is 3. The number of benzene rings is 3. The molecule has 0 aliphatic heterocycles. The van der Waals surface area contributed by atoms with Gasteiger partial charge in [-0.2, -0.15) is 0 Å². The average molecular weight is 479 g/mol. The lowest BCUT2D eigenvalue weighted by Gasteiger charge is -2.17. The predicted molar refractivity (Wildman–Crippen MR) is 129 cm³/mol. The molecule has 2 amide bonds. The second kappa shape index (κ2) is 10.4. The third-order valence-electron chi connectivity index (χ3n) is 5.72. The minimum atomic E-state index is -1.26. The van der Waals surface area contributed by atoms with Gasteiger partial charge in [0.05, 0.1) is 0 Å². The molecular formula is C26H23ClN2O5. The number of carboxylic acids is 1. The number of hydrogen-bond acceptors (Lipinski definition) is 4. The number of aliphatic carboxylic acids is 1. The number of carboxylic acid groups (broad SMARTS) is 1. The summed E-state index contributed by atoms with van der Waals surface area (Å²) < 4.78 is 5.41. The zero-order valence-electron chi connectivity index (χ0n) is 18.2. The van der Waals surface area contributed by atoms with E-state index in [1.165, 1.54) is 0 Å². The van der Waals surface area contributed by atoms with Gasteiger partial charge in [-0.3, -0.25) is 4.79 Å². The van der Waals surface area contributed by atoms with Crippen molar-refractivity contribution in [2.75, 3.05) is 11.9 Å². The van der Waals surface area contributed by atoms with E-state index in [0.29, 0.717) is 10.7 Å². The minimum absolute atomic E-state index is 0.0727. The van der Waals surface area contributed by atoms with Crippen LogP contribution in [-0.4, -0.2) is 35.7 Å². The Labute approximate surface area is 201 Å². The third-order valence-corrected chi connectivity index (χ3v) is 5.97. The number of rotatable bonds is 8. The Bertz CT molecular complexity index is 1170. The summed E-state index contributed by atoms with van der Waals surface area (Å²) in [6.45, 7) is 0.0727. The lowest BCUT2D eigenvalue weighted by atomic mass is 9.98. The molecule has 3 N–H and O–H groups in total. The van der Waals surface area contributed by atoms with Gasteiger partial charge in [-0.15, -0.1) is 0 Å². The molecule has 3 aromatic carbocycles. The summed E-state index contributed by atoms with van der Waals surface area (Å²) in [5.41, 5.74) is 4.87. The van der Waals surface area contributed by atoms with Crippen molar-refractivity contribution in [3.63, 3.8) is 0 Å². The van der Waals surface area contributed by atoms with E-state index in [1.807, 2.05) is 48.5 Å². The second-order valence-corrected chi connectivity index (χ2v) is 8.39. The van der Waals surface area contributed by atoms with Crippen LogP contribution in [0.2, 0.25) is 5.02 Å². The zero-order chi connectivity index (χ0) is 24.1. The van der Waals surface area contributed by atoms with Gasteiger partial charge >= 0.3 is 12.1 Å². The third kappa shape index (κ3) is 5.38. The maximum atomic E-state index is 12.4. The van der Waals surface area contributed by atoms with Crippen molar-refractivity contribution in [1.29, 1.82) is 0 Å². The van der Waals surface area contributed by atoms with Gasteiger partial charge in [0.15, 0.2) is 0 Å². The first-order valence-corrected chi connectivity index (χ1v) is 11.2. The van der Waals surface area contributed by atoms with Gasteiger partial charge < -0.3 is 20.5 Å². The number of ether oxygens (including phenoxy) is 1. The van der Waals surface area contributed by atoms with Crippen LogP contribution in [0.15, 0.2) is 72.8 Å². The first-order valence-electron chi connectivity index (χ1n) is 10.8. The molecule has 1 aliphatic rings. The van der Waals surface area contributed by atoms with E-state index >= 15 is 0 Å². The van der Waals surface area contributed by atoms with Crippen molar-refractivity contribution in [1.82, 2.24) is 5.32 Å². The fourth-order valence-corrected chi connectivity index (χ4v) is 4.20. The van der Waals surface area contributed by atoms with E-state index in [0.717, 1.165) is 22.3 Å². The van der Waals surface area contributed by atoms with Crippen molar-refractivity contribution in [3.05, 3.63) is 88.9 Å². The molecule has 1 atom stereocenters. The summed E-state index contributed by atoms with van der Waals surface area (Å²) in [5, 5.41) is 15.0. The Morgan fingerprint density at radius 3 is 2.09 bits per heavy atom. The Kier molecular flexibility index (Phi) is 7.13. The van der Waals surface area contributed by atoms with E-state index in [2.05, 4.69) is 10.6 Å². The Balaban J connectivity index is 1.32. The molecule has 8 heteroatoms. The molecule has 7 nitrogen and oxygen atoms in total. The first kappa shape index (κ1) is 23.3. The van der Waals surface area contributed by atoms with Gasteiger partial charge in [-0.05, 0) is 52.9 Å². The van der Waals surface area contributed by atoms with Gasteiger partial charge in [0.2, 0.25) is 5.91 Å². The predicted octanol–water partition coefficient (Wildman–Crippen LogP) is 5.05. The second-order valence-electron chi connectivity index (χ2n) is 7.95. The van der Waals surface area contributed by atoms with E-state index < -0.39 is 18.1 Å². The van der Waals surface area contributed by atoms with Crippen LogP contribution in [0.5, 0.6) is 0 Å². The van der Waals surface area contributed by atoms with Gasteiger partial charge in [0, 0.05) is 23.0 Å². The molecule has 0 unspecified atom stereocenters. The van der Waals surface area contributed by atoms with Gasteiger partial charge in [0.25, 0.3) is 0 Å². The maximum Gasteiger partial charge on any atom is 0.407 e. The highest BCUT2D eigenvalue weighted by atomic mass is 35.5. The number of alkyl carbamates (subject to hydrolysis) is 1. The topological polar surface area (TPSA) is 105 Å². The highest BCUT2D eigenvalue weighted by molar-refractivity contribution is 6.30. The van der Waals surface area contributed by atoms with Crippen LogP contribution in [0.3, 0.4) is 0 Å². The summed E-state index contributed by atoms with van der Waals surface area (Å²) in [7, 11) is 0. The molecule has 0 bridgehead atoms. The van der Waals surface area contributed by atoms with Crippen molar-refractivity contribution < 1.29 is 24.2 Å². The molecule has 34 heavy (non-hydrogen) atoms.